The lowest BCUT2D eigenvalue weighted by Crippen LogP contribution is -2.31. The average Bonchev–Trinajstić information content (AvgIpc) is 3.03. The van der Waals surface area contributed by atoms with Crippen LogP contribution < -0.4 is 10.1 Å². The zero-order valence-electron chi connectivity index (χ0n) is 25.0. The van der Waals surface area contributed by atoms with Crippen LogP contribution in [0.2, 0.25) is 0 Å². The minimum atomic E-state index is -2.36. The van der Waals surface area contributed by atoms with Crippen molar-refractivity contribution in [3.8, 4) is 5.75 Å². The Kier molecular flexibility index (Phi) is 23.2. The van der Waals surface area contributed by atoms with Crippen LogP contribution in [0.5, 0.6) is 5.75 Å². The van der Waals surface area contributed by atoms with Gasteiger partial charge in [0, 0.05) is 6.54 Å². The Morgan fingerprint density at radius 1 is 0.500 bits per heavy atom. The summed E-state index contributed by atoms with van der Waals surface area (Å²) in [4.78, 5) is 33.2. The molecule has 0 atom stereocenters. The van der Waals surface area contributed by atoms with Gasteiger partial charge in [0.15, 0.2) is 0 Å². The predicted molar refractivity (Wildman–Crippen MR) is 144 cm³/mol. The summed E-state index contributed by atoms with van der Waals surface area (Å²) in [6.45, 7) is 2.99. The van der Waals surface area contributed by atoms with Crippen LogP contribution in [0.25, 0.3) is 0 Å². The maximum atomic E-state index is 13.5. The summed E-state index contributed by atoms with van der Waals surface area (Å²) in [5.74, 6) is -15.8. The molecule has 0 fully saturated rings. The van der Waals surface area contributed by atoms with Crippen molar-refractivity contribution >= 4 is 17.8 Å². The van der Waals surface area contributed by atoms with E-state index in [0.29, 0.717) is 52.9 Å². The molecule has 46 heavy (non-hydrogen) atoms. The van der Waals surface area contributed by atoms with E-state index in [1.807, 2.05) is 0 Å². The van der Waals surface area contributed by atoms with E-state index in [9.17, 15) is 36.3 Å². The van der Waals surface area contributed by atoms with E-state index in [1.165, 1.54) is 0 Å². The summed E-state index contributed by atoms with van der Waals surface area (Å²) in [7, 11) is 0. The molecule has 19 heteroatoms. The Morgan fingerprint density at radius 2 is 0.870 bits per heavy atom. The van der Waals surface area contributed by atoms with Gasteiger partial charge in [-0.1, -0.05) is 0 Å². The second kappa shape index (κ2) is 26.1. The number of ether oxygens (including phenoxy) is 9. The molecule has 1 rings (SSSR count). The van der Waals surface area contributed by atoms with Crippen LogP contribution in [0.4, 0.5) is 22.0 Å². The first-order chi connectivity index (χ1) is 22.1. The fourth-order valence-electron chi connectivity index (χ4n) is 2.96. The van der Waals surface area contributed by atoms with Crippen LogP contribution in [0.15, 0.2) is 0 Å². The molecule has 14 nitrogen and oxygen atoms in total. The van der Waals surface area contributed by atoms with E-state index in [2.05, 4.69) is 14.8 Å². The van der Waals surface area contributed by atoms with E-state index in [0.717, 1.165) is 0 Å². The number of benzene rings is 1. The molecule has 0 aliphatic rings. The quantitative estimate of drug-likeness (QED) is 0.0308. The van der Waals surface area contributed by atoms with E-state index in [-0.39, 0.29) is 52.8 Å². The van der Waals surface area contributed by atoms with Gasteiger partial charge in [0.25, 0.3) is 0 Å². The minimum Gasteiger partial charge on any atom is -0.480 e. The lowest BCUT2D eigenvalue weighted by atomic mass is 10.2. The molecule has 0 unspecified atom stereocenters. The number of aliphatic carboxylic acids is 1. The molecular weight excluding hydrogens is 641 g/mol. The molecule has 0 aromatic heterocycles. The van der Waals surface area contributed by atoms with Gasteiger partial charge < -0.3 is 53.1 Å². The molecule has 0 aliphatic carbocycles. The van der Waals surface area contributed by atoms with Crippen LogP contribution in [0.1, 0.15) is 6.42 Å². The fraction of sp³-hybridized carbons (Fsp3) is 0.667. The van der Waals surface area contributed by atoms with Gasteiger partial charge in [0.05, 0.1) is 98.9 Å². The zero-order chi connectivity index (χ0) is 34.0. The highest BCUT2D eigenvalue weighted by molar-refractivity contribution is 5.77. The van der Waals surface area contributed by atoms with Crippen LogP contribution in [-0.2, 0) is 52.3 Å². The number of carboxylic acids is 1. The van der Waals surface area contributed by atoms with Crippen molar-refractivity contribution < 1.29 is 84.1 Å². The lowest BCUT2D eigenvalue weighted by Gasteiger charge is -2.09. The Hall–Kier alpha value is -3.04. The number of carbonyl (C=O) groups excluding carboxylic acids is 2. The second-order valence-electron chi connectivity index (χ2n) is 8.65. The van der Waals surface area contributed by atoms with Crippen molar-refractivity contribution in [2.75, 3.05) is 112 Å². The number of carboxylic acid groups (broad SMARTS) is 1. The van der Waals surface area contributed by atoms with E-state index in [4.69, 9.17) is 38.3 Å². The monoisotopic (exact) mass is 679 g/mol. The number of carbonyl (C=O) groups is 3. The van der Waals surface area contributed by atoms with E-state index < -0.39 is 65.7 Å². The maximum absolute atomic E-state index is 13.5. The second-order valence-corrected chi connectivity index (χ2v) is 8.65. The van der Waals surface area contributed by atoms with Gasteiger partial charge in [-0.05, 0) is 0 Å². The molecule has 0 aliphatic heterocycles. The van der Waals surface area contributed by atoms with Crippen LogP contribution in [0, 0.1) is 29.1 Å². The smallest absolute Gasteiger partial charge is 0.329 e. The van der Waals surface area contributed by atoms with Crippen LogP contribution >= 0.6 is 0 Å². The standard InChI is InChI=1S/C27H38F5NO13/c28-22-23(29)25(31)27(26(32)24(22)30)46-21(37)1-3-38-5-7-40-9-11-42-13-15-44-16-14-43-12-10-41-8-6-39-4-2-33-19(34)17-45-18-20(35)36/h1-18H2,(H,33,34)(H,35,36). The highest BCUT2D eigenvalue weighted by atomic mass is 19.2. The van der Waals surface area contributed by atoms with Crippen molar-refractivity contribution in [3.05, 3.63) is 29.1 Å². The number of hydrogen-bond acceptors (Lipinski definition) is 12. The average molecular weight is 680 g/mol. The number of amides is 1. The highest BCUT2D eigenvalue weighted by Gasteiger charge is 2.28. The zero-order valence-corrected chi connectivity index (χ0v) is 25.0. The fourth-order valence-corrected chi connectivity index (χ4v) is 2.96. The molecule has 0 saturated heterocycles. The molecule has 1 amide bonds. The Labute approximate surface area is 261 Å². The number of hydrogen-bond donors (Lipinski definition) is 2. The van der Waals surface area contributed by atoms with Gasteiger partial charge in [-0.25, -0.2) is 18.0 Å². The predicted octanol–water partition coefficient (Wildman–Crippen LogP) is 1.01. The molecule has 0 saturated carbocycles. The Bertz CT molecular complexity index is 1010. The first-order valence-corrected chi connectivity index (χ1v) is 14.0. The van der Waals surface area contributed by atoms with Gasteiger partial charge in [-0.2, -0.15) is 8.78 Å². The number of rotatable bonds is 29. The van der Waals surface area contributed by atoms with Crippen molar-refractivity contribution in [2.24, 2.45) is 0 Å². The summed E-state index contributed by atoms with van der Waals surface area (Å²) >= 11 is 0. The van der Waals surface area contributed by atoms with Crippen LogP contribution in [-0.4, -0.2) is 135 Å². The lowest BCUT2D eigenvalue weighted by molar-refractivity contribution is -0.143. The third-order valence-corrected chi connectivity index (χ3v) is 5.10. The van der Waals surface area contributed by atoms with Crippen molar-refractivity contribution in [1.82, 2.24) is 5.32 Å². The Balaban J connectivity index is 1.81. The first-order valence-electron chi connectivity index (χ1n) is 14.0. The minimum absolute atomic E-state index is 0.0645. The molecule has 2 N–H and O–H groups in total. The van der Waals surface area contributed by atoms with Crippen molar-refractivity contribution in [2.45, 2.75) is 6.42 Å². The molecule has 0 bridgehead atoms. The van der Waals surface area contributed by atoms with Crippen molar-refractivity contribution in [3.63, 3.8) is 0 Å². The number of halogens is 5. The maximum Gasteiger partial charge on any atom is 0.329 e. The normalized spacial score (nSPS) is 11.2. The molecule has 0 heterocycles. The summed E-state index contributed by atoms with van der Waals surface area (Å²) in [5, 5.41) is 10.9. The first kappa shape index (κ1) is 41.0. The Morgan fingerprint density at radius 3 is 1.28 bits per heavy atom. The molecule has 1 aromatic carbocycles. The molecule has 1 aromatic rings. The van der Waals surface area contributed by atoms with Gasteiger partial charge in [-0.3, -0.25) is 9.59 Å². The topological polar surface area (TPSA) is 167 Å². The largest absolute Gasteiger partial charge is 0.480 e. The highest BCUT2D eigenvalue weighted by Crippen LogP contribution is 2.29. The van der Waals surface area contributed by atoms with Gasteiger partial charge in [0.2, 0.25) is 40.7 Å². The molecular formula is C27H38F5NO13. The SMILES string of the molecule is O=C(O)COCC(=O)NCCOCCOCCOCCOCCOCCOCCOCCC(=O)Oc1c(F)c(F)c(F)c(F)c1F. The van der Waals surface area contributed by atoms with E-state index in [1.54, 1.807) is 0 Å². The summed E-state index contributed by atoms with van der Waals surface area (Å²) < 4.78 is 112. The van der Waals surface area contributed by atoms with Crippen molar-refractivity contribution in [1.29, 1.82) is 0 Å². The van der Waals surface area contributed by atoms with E-state index >= 15 is 0 Å². The number of esters is 1. The molecule has 264 valence electrons. The summed E-state index contributed by atoms with van der Waals surface area (Å²) in [6.07, 6.45) is -0.500. The molecule has 0 radical (unpaired) electrons. The third-order valence-electron chi connectivity index (χ3n) is 5.10. The summed E-state index contributed by atoms with van der Waals surface area (Å²) in [5.41, 5.74) is 0. The van der Waals surface area contributed by atoms with Crippen LogP contribution in [0.3, 0.4) is 0 Å². The summed E-state index contributed by atoms with van der Waals surface area (Å²) in [6, 6.07) is 0. The van der Waals surface area contributed by atoms with Gasteiger partial charge >= 0.3 is 11.9 Å². The molecule has 0 spiro atoms. The van der Waals surface area contributed by atoms with Gasteiger partial charge in [-0.15, -0.1) is 0 Å². The third kappa shape index (κ3) is 19.5. The van der Waals surface area contributed by atoms with Gasteiger partial charge in [0.1, 0.15) is 13.2 Å². The number of nitrogens with one attached hydrogen (secondary N) is 1.